The minimum absolute atomic E-state index is 0.0451. The van der Waals surface area contributed by atoms with Crippen molar-refractivity contribution in [2.24, 2.45) is 0 Å². The molecule has 2 unspecified atom stereocenters. The highest BCUT2D eigenvalue weighted by Gasteiger charge is 2.36. The normalized spacial score (nSPS) is 20.6. The molecular weight excluding hydrogens is 456 g/mol. The van der Waals surface area contributed by atoms with Crippen molar-refractivity contribution in [2.75, 3.05) is 18.4 Å². The lowest BCUT2D eigenvalue weighted by Crippen LogP contribution is -2.44. The van der Waals surface area contributed by atoms with Crippen molar-refractivity contribution < 1.29 is 23.5 Å². The largest absolute Gasteiger partial charge is 0.467 e. The number of ether oxygens (including phenoxy) is 1. The highest BCUT2D eigenvalue weighted by molar-refractivity contribution is 7.14. The average Bonchev–Trinajstić information content (AvgIpc) is 3.51. The van der Waals surface area contributed by atoms with Crippen molar-refractivity contribution in [1.82, 2.24) is 14.8 Å². The van der Waals surface area contributed by atoms with E-state index in [1.807, 2.05) is 5.38 Å². The Morgan fingerprint density at radius 2 is 1.88 bits per heavy atom. The van der Waals surface area contributed by atoms with E-state index in [1.54, 1.807) is 18.2 Å². The SMILES string of the molecule is CC1CN(Cc2csc(NC(=O)c3ccc4c(c3)C(=O)N(Cc3ccco3)C4=O)n2)CC(C)O1. The Morgan fingerprint density at radius 3 is 2.62 bits per heavy atom. The number of anilines is 1. The number of aromatic nitrogens is 1. The molecule has 2 atom stereocenters. The number of imide groups is 1. The number of hydrogen-bond acceptors (Lipinski definition) is 8. The van der Waals surface area contributed by atoms with Crippen LogP contribution in [0.1, 0.15) is 56.4 Å². The Labute approximate surface area is 200 Å². The lowest BCUT2D eigenvalue weighted by Gasteiger charge is -2.34. The molecule has 1 saturated heterocycles. The maximum Gasteiger partial charge on any atom is 0.261 e. The number of morpholine rings is 1. The van der Waals surface area contributed by atoms with Crippen LogP contribution in [0.4, 0.5) is 5.13 Å². The number of benzene rings is 1. The number of carbonyl (C=O) groups excluding carboxylic acids is 3. The Bertz CT molecular complexity index is 1230. The predicted molar refractivity (Wildman–Crippen MR) is 125 cm³/mol. The van der Waals surface area contributed by atoms with Gasteiger partial charge in [0.2, 0.25) is 0 Å². The monoisotopic (exact) mass is 480 g/mol. The Kier molecular flexibility index (Phi) is 6.03. The molecule has 10 heteroatoms. The Balaban J connectivity index is 1.25. The third kappa shape index (κ3) is 4.52. The molecule has 0 bridgehead atoms. The second-order valence-electron chi connectivity index (χ2n) is 8.59. The molecule has 1 aromatic carbocycles. The fraction of sp³-hybridized carbons (Fsp3) is 0.333. The number of nitrogens with zero attached hydrogens (tertiary/aromatic N) is 3. The minimum atomic E-state index is -0.448. The molecule has 2 aromatic heterocycles. The van der Waals surface area contributed by atoms with Crippen LogP contribution in [-0.4, -0.2) is 57.8 Å². The van der Waals surface area contributed by atoms with Gasteiger partial charge in [0.25, 0.3) is 17.7 Å². The standard InChI is InChI=1S/C24H24N4O5S/c1-14-9-27(10-15(2)33-14)11-17-13-34-24(25-17)26-21(29)16-5-6-19-20(8-16)23(31)28(22(19)30)12-18-4-3-7-32-18/h3-8,13-15H,9-12H2,1-2H3,(H,25,26,29). The van der Waals surface area contributed by atoms with Crippen LogP contribution in [0, 0.1) is 0 Å². The van der Waals surface area contributed by atoms with Gasteiger partial charge in [0.15, 0.2) is 5.13 Å². The maximum absolute atomic E-state index is 12.8. The van der Waals surface area contributed by atoms with Crippen molar-refractivity contribution in [2.45, 2.75) is 39.1 Å². The van der Waals surface area contributed by atoms with Crippen LogP contribution in [0.2, 0.25) is 0 Å². The summed E-state index contributed by atoms with van der Waals surface area (Å²) in [7, 11) is 0. The van der Waals surface area contributed by atoms with E-state index in [4.69, 9.17) is 9.15 Å². The highest BCUT2D eigenvalue weighted by atomic mass is 32.1. The van der Waals surface area contributed by atoms with Crippen molar-refractivity contribution in [3.63, 3.8) is 0 Å². The van der Waals surface area contributed by atoms with Gasteiger partial charge in [-0.3, -0.25) is 29.5 Å². The van der Waals surface area contributed by atoms with Crippen molar-refractivity contribution in [1.29, 1.82) is 0 Å². The molecular formula is C24H24N4O5S. The van der Waals surface area contributed by atoms with E-state index in [2.05, 4.69) is 29.0 Å². The summed E-state index contributed by atoms with van der Waals surface area (Å²) in [6.07, 6.45) is 1.83. The summed E-state index contributed by atoms with van der Waals surface area (Å²) >= 11 is 1.35. The van der Waals surface area contributed by atoms with E-state index in [9.17, 15) is 14.4 Å². The fourth-order valence-corrected chi connectivity index (χ4v) is 5.08. The van der Waals surface area contributed by atoms with E-state index in [0.717, 1.165) is 23.7 Å². The summed E-state index contributed by atoms with van der Waals surface area (Å²) in [6.45, 7) is 6.51. The van der Waals surface area contributed by atoms with Gasteiger partial charge in [-0.1, -0.05) is 0 Å². The summed E-state index contributed by atoms with van der Waals surface area (Å²) in [4.78, 5) is 46.2. The lowest BCUT2D eigenvalue weighted by molar-refractivity contribution is -0.0707. The third-order valence-electron chi connectivity index (χ3n) is 5.78. The summed E-state index contributed by atoms with van der Waals surface area (Å²) in [5.74, 6) is -0.730. The minimum Gasteiger partial charge on any atom is -0.467 e. The number of thiazole rings is 1. The van der Waals surface area contributed by atoms with E-state index in [-0.39, 0.29) is 41.4 Å². The molecule has 3 aromatic rings. The van der Waals surface area contributed by atoms with Crippen molar-refractivity contribution >= 4 is 34.2 Å². The number of carbonyl (C=O) groups is 3. The molecule has 2 aliphatic rings. The van der Waals surface area contributed by atoms with Gasteiger partial charge in [-0.15, -0.1) is 11.3 Å². The molecule has 1 N–H and O–H groups in total. The van der Waals surface area contributed by atoms with E-state index < -0.39 is 11.8 Å². The molecule has 0 aliphatic carbocycles. The van der Waals surface area contributed by atoms with Gasteiger partial charge in [-0.2, -0.15) is 0 Å². The van der Waals surface area contributed by atoms with Crippen LogP contribution in [0.3, 0.4) is 0 Å². The van der Waals surface area contributed by atoms with Crippen LogP contribution in [0.5, 0.6) is 0 Å². The van der Waals surface area contributed by atoms with E-state index in [0.29, 0.717) is 17.4 Å². The third-order valence-corrected chi connectivity index (χ3v) is 6.59. The quantitative estimate of drug-likeness (QED) is 0.539. The summed E-state index contributed by atoms with van der Waals surface area (Å²) in [6, 6.07) is 7.91. The van der Waals surface area contributed by atoms with Gasteiger partial charge in [-0.05, 0) is 44.2 Å². The zero-order chi connectivity index (χ0) is 23.8. The average molecular weight is 481 g/mol. The van der Waals surface area contributed by atoms with Gasteiger partial charge in [-0.25, -0.2) is 4.98 Å². The van der Waals surface area contributed by atoms with Gasteiger partial charge in [0.05, 0.1) is 41.8 Å². The number of furan rings is 1. The molecule has 5 rings (SSSR count). The number of amides is 3. The highest BCUT2D eigenvalue weighted by Crippen LogP contribution is 2.27. The number of rotatable bonds is 6. The van der Waals surface area contributed by atoms with E-state index in [1.165, 1.54) is 29.7 Å². The molecule has 2 aliphatic heterocycles. The van der Waals surface area contributed by atoms with Crippen LogP contribution >= 0.6 is 11.3 Å². The first kappa shape index (κ1) is 22.5. The molecule has 9 nitrogen and oxygen atoms in total. The molecule has 34 heavy (non-hydrogen) atoms. The van der Waals surface area contributed by atoms with Crippen LogP contribution in [-0.2, 0) is 17.8 Å². The summed E-state index contributed by atoms with van der Waals surface area (Å²) < 4.78 is 11.0. The fourth-order valence-electron chi connectivity index (χ4n) is 4.38. The second-order valence-corrected chi connectivity index (χ2v) is 9.44. The van der Waals surface area contributed by atoms with Gasteiger partial charge in [0, 0.05) is 30.6 Å². The Morgan fingerprint density at radius 1 is 1.12 bits per heavy atom. The van der Waals surface area contributed by atoms with Gasteiger partial charge in [0.1, 0.15) is 5.76 Å². The first-order valence-electron chi connectivity index (χ1n) is 11.0. The zero-order valence-electron chi connectivity index (χ0n) is 18.8. The second kappa shape index (κ2) is 9.13. The molecule has 4 heterocycles. The number of hydrogen-bond donors (Lipinski definition) is 1. The Hall–Kier alpha value is -3.34. The lowest BCUT2D eigenvalue weighted by atomic mass is 10.1. The number of nitrogens with one attached hydrogen (secondary N) is 1. The number of fused-ring (bicyclic) bond motifs is 1. The van der Waals surface area contributed by atoms with Crippen LogP contribution < -0.4 is 5.32 Å². The molecule has 176 valence electrons. The topological polar surface area (TPSA) is 105 Å². The summed E-state index contributed by atoms with van der Waals surface area (Å²) in [5.41, 5.74) is 1.65. The van der Waals surface area contributed by atoms with Gasteiger partial charge >= 0.3 is 0 Å². The molecule has 3 amide bonds. The van der Waals surface area contributed by atoms with Crippen molar-refractivity contribution in [3.8, 4) is 0 Å². The maximum atomic E-state index is 12.8. The molecule has 1 fully saturated rings. The first-order valence-corrected chi connectivity index (χ1v) is 11.9. The first-order chi connectivity index (χ1) is 16.4. The van der Waals surface area contributed by atoms with Gasteiger partial charge < -0.3 is 9.15 Å². The molecule has 0 radical (unpaired) electrons. The molecule has 0 spiro atoms. The van der Waals surface area contributed by atoms with Crippen LogP contribution in [0.15, 0.2) is 46.4 Å². The predicted octanol–water partition coefficient (Wildman–Crippen LogP) is 3.39. The van der Waals surface area contributed by atoms with E-state index >= 15 is 0 Å². The van der Waals surface area contributed by atoms with Crippen LogP contribution in [0.25, 0.3) is 0 Å². The zero-order valence-corrected chi connectivity index (χ0v) is 19.6. The van der Waals surface area contributed by atoms with Crippen molar-refractivity contribution in [3.05, 3.63) is 70.1 Å². The smallest absolute Gasteiger partial charge is 0.261 e. The summed E-state index contributed by atoms with van der Waals surface area (Å²) in [5, 5.41) is 5.21. The molecule has 0 saturated carbocycles.